The molecule has 0 rings (SSSR count). The monoisotopic (exact) mass is 1340 g/mol. The minimum Gasteiger partial charge on any atom is -0.462 e. The second-order valence-electron chi connectivity index (χ2n) is 27.4. The third kappa shape index (κ3) is 63.9. The largest absolute Gasteiger partial charge is 0.472 e. The molecule has 0 radical (unpaired) electrons. The molecule has 0 aliphatic carbocycles. The number of hydrogen-bond donors (Lipinski definition) is 3. The molecule has 0 aliphatic rings. The number of ether oxygens (including phenoxy) is 4. The van der Waals surface area contributed by atoms with Gasteiger partial charge in [-0.05, 0) is 49.4 Å². The van der Waals surface area contributed by atoms with Crippen molar-refractivity contribution >= 4 is 39.5 Å². The number of aliphatic hydroxyl groups is 1. The molecule has 0 aromatic rings. The molecule has 7 atom stereocenters. The second kappa shape index (κ2) is 61.6. The van der Waals surface area contributed by atoms with Crippen molar-refractivity contribution in [2.45, 2.75) is 375 Å². The van der Waals surface area contributed by atoms with Crippen LogP contribution in [-0.2, 0) is 65.4 Å². The summed E-state index contributed by atoms with van der Waals surface area (Å²) in [7, 11) is -9.91. The molecule has 0 aromatic carbocycles. The zero-order valence-corrected chi connectivity index (χ0v) is 61.3. The van der Waals surface area contributed by atoms with Gasteiger partial charge in [0, 0.05) is 25.7 Å². The smallest absolute Gasteiger partial charge is 0.462 e. The summed E-state index contributed by atoms with van der Waals surface area (Å²) in [5.74, 6) is 0.917. The lowest BCUT2D eigenvalue weighted by molar-refractivity contribution is -0.161. The minimum atomic E-state index is -4.96. The molecule has 0 fully saturated rings. The van der Waals surface area contributed by atoms with E-state index in [1.54, 1.807) is 0 Å². The van der Waals surface area contributed by atoms with E-state index in [1.165, 1.54) is 154 Å². The number of hydrogen-bond acceptors (Lipinski definition) is 15. The fourth-order valence-corrected chi connectivity index (χ4v) is 12.4. The zero-order valence-electron chi connectivity index (χ0n) is 59.5. The highest BCUT2D eigenvalue weighted by atomic mass is 31.2. The van der Waals surface area contributed by atoms with E-state index in [1.807, 2.05) is 0 Å². The number of phosphoric ester groups is 2. The number of carbonyl (C=O) groups is 4. The highest BCUT2D eigenvalue weighted by Gasteiger charge is 2.30. The van der Waals surface area contributed by atoms with Gasteiger partial charge in [0.1, 0.15) is 19.3 Å². The van der Waals surface area contributed by atoms with E-state index in [0.29, 0.717) is 25.7 Å². The molecule has 0 saturated heterocycles. The highest BCUT2D eigenvalue weighted by Crippen LogP contribution is 2.45. The Morgan fingerprint density at radius 3 is 0.780 bits per heavy atom. The number of phosphoric acid groups is 2. The summed E-state index contributed by atoms with van der Waals surface area (Å²) in [4.78, 5) is 72.6. The average Bonchev–Trinajstić information content (AvgIpc) is 3.41. The summed E-state index contributed by atoms with van der Waals surface area (Å²) >= 11 is 0. The normalized spacial score (nSPS) is 14.8. The van der Waals surface area contributed by atoms with Crippen molar-refractivity contribution in [2.75, 3.05) is 39.6 Å². The Hall–Kier alpha value is -1.94. The molecule has 540 valence electrons. The average molecular weight is 1340 g/mol. The third-order valence-electron chi connectivity index (χ3n) is 17.3. The summed E-state index contributed by atoms with van der Waals surface area (Å²) in [6, 6.07) is 0. The molecular weight excluding hydrogens is 1200 g/mol. The number of rotatable bonds is 69. The standard InChI is InChI=1S/C72H140O17P2/c1-9-64(7)50-42-34-26-19-16-17-20-27-36-44-52-69(74)82-58-67(88-71(76)54-46-38-28-21-15-13-11-12-14-18-24-32-40-48-62(3)4)60-86-90(78,79)84-56-66(73)57-85-91(80,81)87-61-68(59-83-70(75)53-45-37-31-30-35-43-51-65(8)10-2)89-72(77)55-47-39-29-23-22-25-33-41-49-63(5)6/h62-68,73H,9-61H2,1-8H3,(H,78,79)(H,80,81)/t64?,65?,66-,67-,68-/m1/s1. The van der Waals surface area contributed by atoms with E-state index in [0.717, 1.165) is 120 Å². The number of aliphatic hydroxyl groups excluding tert-OH is 1. The van der Waals surface area contributed by atoms with Crippen LogP contribution in [0.5, 0.6) is 0 Å². The van der Waals surface area contributed by atoms with Gasteiger partial charge in [-0.1, -0.05) is 306 Å². The minimum absolute atomic E-state index is 0.103. The SMILES string of the molecule is CCC(C)CCCCCCCCCCCCC(=O)OC[C@H](COP(=O)(O)OC[C@@H](O)COP(=O)(O)OC[C@@H](COC(=O)CCCCCCCCC(C)CC)OC(=O)CCCCCCCCCCC(C)C)OC(=O)CCCCCCCCCCCCCCCC(C)C. The van der Waals surface area contributed by atoms with Crippen LogP contribution >= 0.6 is 15.6 Å². The Balaban J connectivity index is 5.26. The zero-order chi connectivity index (χ0) is 67.5. The van der Waals surface area contributed by atoms with E-state index in [-0.39, 0.29) is 25.7 Å². The summed E-state index contributed by atoms with van der Waals surface area (Å²) in [6.07, 6.45) is 44.4. The second-order valence-corrected chi connectivity index (χ2v) is 30.3. The molecule has 0 spiro atoms. The first-order valence-corrected chi connectivity index (χ1v) is 40.3. The first-order valence-electron chi connectivity index (χ1n) is 37.3. The van der Waals surface area contributed by atoms with Gasteiger partial charge in [-0.2, -0.15) is 0 Å². The van der Waals surface area contributed by atoms with Crippen LogP contribution in [0.3, 0.4) is 0 Å². The lowest BCUT2D eigenvalue weighted by Crippen LogP contribution is -2.30. The maximum atomic E-state index is 13.0. The van der Waals surface area contributed by atoms with Gasteiger partial charge in [0.15, 0.2) is 12.2 Å². The van der Waals surface area contributed by atoms with Crippen LogP contribution in [0.2, 0.25) is 0 Å². The van der Waals surface area contributed by atoms with Crippen molar-refractivity contribution in [3.8, 4) is 0 Å². The van der Waals surface area contributed by atoms with Crippen LogP contribution in [0.1, 0.15) is 357 Å². The Bertz CT molecular complexity index is 1800. The van der Waals surface area contributed by atoms with Crippen molar-refractivity contribution < 1.29 is 80.2 Å². The highest BCUT2D eigenvalue weighted by molar-refractivity contribution is 7.47. The van der Waals surface area contributed by atoms with Crippen LogP contribution in [0, 0.1) is 23.7 Å². The van der Waals surface area contributed by atoms with Gasteiger partial charge in [-0.25, -0.2) is 9.13 Å². The van der Waals surface area contributed by atoms with Crippen LogP contribution < -0.4 is 0 Å². The van der Waals surface area contributed by atoms with Crippen molar-refractivity contribution in [3.63, 3.8) is 0 Å². The number of carbonyl (C=O) groups excluding carboxylic acids is 4. The molecule has 19 heteroatoms. The summed E-state index contributed by atoms with van der Waals surface area (Å²) in [5.41, 5.74) is 0. The van der Waals surface area contributed by atoms with E-state index in [9.17, 15) is 43.2 Å². The van der Waals surface area contributed by atoms with Crippen molar-refractivity contribution in [3.05, 3.63) is 0 Å². The molecule has 0 bridgehead atoms. The lowest BCUT2D eigenvalue weighted by Gasteiger charge is -2.21. The van der Waals surface area contributed by atoms with Gasteiger partial charge in [0.05, 0.1) is 26.4 Å². The van der Waals surface area contributed by atoms with Gasteiger partial charge >= 0.3 is 39.5 Å². The van der Waals surface area contributed by atoms with Gasteiger partial charge in [-0.15, -0.1) is 0 Å². The molecule has 91 heavy (non-hydrogen) atoms. The Kier molecular flexibility index (Phi) is 60.3. The van der Waals surface area contributed by atoms with Gasteiger partial charge in [0.25, 0.3) is 0 Å². The molecule has 0 amide bonds. The summed E-state index contributed by atoms with van der Waals surface area (Å²) in [6.45, 7) is 14.1. The molecule has 0 heterocycles. The van der Waals surface area contributed by atoms with Crippen LogP contribution in [0.25, 0.3) is 0 Å². The molecule has 0 aliphatic heterocycles. The molecule has 3 N–H and O–H groups in total. The van der Waals surface area contributed by atoms with Crippen molar-refractivity contribution in [2.24, 2.45) is 23.7 Å². The van der Waals surface area contributed by atoms with Crippen LogP contribution in [0.4, 0.5) is 0 Å². The Morgan fingerprint density at radius 1 is 0.308 bits per heavy atom. The third-order valence-corrected chi connectivity index (χ3v) is 19.2. The first kappa shape index (κ1) is 89.1. The maximum absolute atomic E-state index is 13.0. The lowest BCUT2D eigenvalue weighted by atomic mass is 9.99. The quantitative estimate of drug-likeness (QED) is 0.0222. The van der Waals surface area contributed by atoms with Gasteiger partial charge in [-0.3, -0.25) is 37.3 Å². The van der Waals surface area contributed by atoms with Gasteiger partial charge < -0.3 is 33.8 Å². The topological polar surface area (TPSA) is 237 Å². The maximum Gasteiger partial charge on any atom is 0.472 e. The van der Waals surface area contributed by atoms with Crippen molar-refractivity contribution in [1.82, 2.24) is 0 Å². The summed E-state index contributed by atoms with van der Waals surface area (Å²) in [5, 5.41) is 10.6. The first-order chi connectivity index (χ1) is 43.7. The van der Waals surface area contributed by atoms with Crippen LogP contribution in [0.15, 0.2) is 0 Å². The predicted octanol–water partition coefficient (Wildman–Crippen LogP) is 20.5. The molecule has 4 unspecified atom stereocenters. The van der Waals surface area contributed by atoms with E-state index < -0.39 is 97.5 Å². The van der Waals surface area contributed by atoms with Crippen molar-refractivity contribution in [1.29, 1.82) is 0 Å². The fourth-order valence-electron chi connectivity index (χ4n) is 10.8. The van der Waals surface area contributed by atoms with E-state index in [4.69, 9.17) is 37.0 Å². The van der Waals surface area contributed by atoms with Gasteiger partial charge in [0.2, 0.25) is 0 Å². The van der Waals surface area contributed by atoms with E-state index >= 15 is 0 Å². The molecule has 0 aromatic heterocycles. The Labute approximate surface area is 556 Å². The molecule has 17 nitrogen and oxygen atoms in total. The number of unbranched alkanes of at least 4 members (excludes halogenated alkanes) is 33. The Morgan fingerprint density at radius 2 is 0.527 bits per heavy atom. The molecule has 0 saturated carbocycles. The fraction of sp³-hybridized carbons (Fsp3) is 0.944. The molecular formula is C72H140O17P2. The summed E-state index contributed by atoms with van der Waals surface area (Å²) < 4.78 is 68.4. The number of esters is 4. The van der Waals surface area contributed by atoms with E-state index in [2.05, 4.69) is 55.4 Å². The predicted molar refractivity (Wildman–Crippen MR) is 367 cm³/mol. The van der Waals surface area contributed by atoms with Crippen LogP contribution in [-0.4, -0.2) is 96.7 Å².